The molecule has 0 aromatic carbocycles. The van der Waals surface area contributed by atoms with Gasteiger partial charge in [0, 0.05) is 24.7 Å². The van der Waals surface area contributed by atoms with Crippen molar-refractivity contribution in [2.45, 2.75) is 65.2 Å². The molecule has 0 aliphatic rings. The highest BCUT2D eigenvalue weighted by atomic mass is 16.3. The summed E-state index contributed by atoms with van der Waals surface area (Å²) >= 11 is 0. The Kier molecular flexibility index (Phi) is 9.87. The van der Waals surface area contributed by atoms with E-state index in [9.17, 15) is 15.0 Å². The second-order valence-electron chi connectivity index (χ2n) is 5.62. The zero-order chi connectivity index (χ0) is 15.5. The average Bonchev–Trinajstić information content (AvgIpc) is 2.37. The van der Waals surface area contributed by atoms with Gasteiger partial charge in [-0.1, -0.05) is 52.7 Å². The topological polar surface area (TPSA) is 57.5 Å². The highest BCUT2D eigenvalue weighted by molar-refractivity contribution is 5.83. The molecule has 3 heteroatoms. The van der Waals surface area contributed by atoms with Crippen LogP contribution in [-0.2, 0) is 4.79 Å². The van der Waals surface area contributed by atoms with Crippen LogP contribution in [0.1, 0.15) is 65.2 Å². The summed E-state index contributed by atoms with van der Waals surface area (Å²) in [5, 5.41) is 18.8. The highest BCUT2D eigenvalue weighted by Gasteiger charge is 2.27. The maximum absolute atomic E-state index is 12.6. The molecule has 2 atom stereocenters. The molecule has 0 saturated carbocycles. The lowest BCUT2D eigenvalue weighted by atomic mass is 9.82. The predicted molar refractivity (Wildman–Crippen MR) is 83.8 cm³/mol. The Bertz CT molecular complexity index is 290. The summed E-state index contributed by atoms with van der Waals surface area (Å²) in [4.78, 5) is 12.6. The number of aliphatic hydroxyl groups is 2. The molecule has 0 saturated heterocycles. The van der Waals surface area contributed by atoms with E-state index in [2.05, 4.69) is 27.0 Å². The van der Waals surface area contributed by atoms with Gasteiger partial charge in [-0.25, -0.2) is 0 Å². The van der Waals surface area contributed by atoms with Gasteiger partial charge < -0.3 is 10.2 Å². The molecule has 2 N–H and O–H groups in total. The monoisotopic (exact) mass is 282 g/mol. The van der Waals surface area contributed by atoms with Crippen molar-refractivity contribution in [3.05, 3.63) is 24.7 Å². The summed E-state index contributed by atoms with van der Waals surface area (Å²) < 4.78 is 0. The number of ketones is 1. The van der Waals surface area contributed by atoms with E-state index < -0.39 is 0 Å². The number of rotatable bonds is 12. The second kappa shape index (κ2) is 10.5. The van der Waals surface area contributed by atoms with Crippen LogP contribution >= 0.6 is 0 Å². The van der Waals surface area contributed by atoms with E-state index in [0.717, 1.165) is 38.5 Å². The summed E-state index contributed by atoms with van der Waals surface area (Å²) in [7, 11) is 0. The third kappa shape index (κ3) is 8.03. The highest BCUT2D eigenvalue weighted by Crippen LogP contribution is 2.27. The van der Waals surface area contributed by atoms with Crippen LogP contribution < -0.4 is 0 Å². The number of carbonyl (C=O) groups is 1. The molecule has 0 aliphatic carbocycles. The predicted octanol–water partition coefficient (Wildman–Crippen LogP) is 5.09. The van der Waals surface area contributed by atoms with Gasteiger partial charge in [-0.05, 0) is 12.8 Å². The second-order valence-corrected chi connectivity index (χ2v) is 5.62. The van der Waals surface area contributed by atoms with Gasteiger partial charge in [-0.3, -0.25) is 4.79 Å². The zero-order valence-electron chi connectivity index (χ0n) is 13.0. The van der Waals surface area contributed by atoms with E-state index in [4.69, 9.17) is 0 Å². The summed E-state index contributed by atoms with van der Waals surface area (Å²) in [6.45, 7) is 11.2. The minimum absolute atomic E-state index is 0.0662. The molecule has 3 nitrogen and oxygen atoms in total. The Morgan fingerprint density at radius 1 is 0.900 bits per heavy atom. The Morgan fingerprint density at radius 3 is 1.50 bits per heavy atom. The molecule has 0 rings (SSSR count). The van der Waals surface area contributed by atoms with E-state index in [1.807, 2.05) is 0 Å². The van der Waals surface area contributed by atoms with Crippen LogP contribution in [0.2, 0.25) is 0 Å². The van der Waals surface area contributed by atoms with Crippen molar-refractivity contribution in [3.8, 4) is 0 Å². The van der Waals surface area contributed by atoms with Crippen LogP contribution in [0.5, 0.6) is 0 Å². The summed E-state index contributed by atoms with van der Waals surface area (Å²) in [6, 6.07) is 0. The number of unbranched alkanes of at least 4 members (excludes halogenated alkanes) is 2. The molecule has 0 spiro atoms. The van der Waals surface area contributed by atoms with Crippen molar-refractivity contribution >= 4 is 5.78 Å². The van der Waals surface area contributed by atoms with Crippen molar-refractivity contribution in [1.82, 2.24) is 0 Å². The number of carbonyl (C=O) groups excluding carboxylic acids is 1. The molecule has 0 amide bonds. The van der Waals surface area contributed by atoms with Crippen LogP contribution in [0.3, 0.4) is 0 Å². The third-order valence-corrected chi connectivity index (χ3v) is 3.58. The SMILES string of the molecule is C=C(O)CC(CCCC)C(=O)C(CCCC)CC(=C)O. The average molecular weight is 282 g/mol. The van der Waals surface area contributed by atoms with Gasteiger partial charge in [0.05, 0.1) is 11.5 Å². The zero-order valence-corrected chi connectivity index (χ0v) is 13.0. The van der Waals surface area contributed by atoms with Gasteiger partial charge in [0.1, 0.15) is 5.78 Å². The fourth-order valence-corrected chi connectivity index (χ4v) is 2.49. The molecule has 0 bridgehead atoms. The first kappa shape index (κ1) is 18.8. The lowest BCUT2D eigenvalue weighted by Gasteiger charge is -2.22. The lowest BCUT2D eigenvalue weighted by Crippen LogP contribution is -2.25. The van der Waals surface area contributed by atoms with Crippen LogP contribution in [-0.4, -0.2) is 16.0 Å². The Labute approximate surface area is 123 Å². The molecule has 0 heterocycles. The molecule has 0 aromatic rings. The minimum atomic E-state index is -0.186. The van der Waals surface area contributed by atoms with E-state index in [1.165, 1.54) is 0 Å². The molecular weight excluding hydrogens is 252 g/mol. The molecule has 0 fully saturated rings. The number of Topliss-reactive ketones (excluding diaryl/α,β-unsaturated/α-hetero) is 1. The summed E-state index contributed by atoms with van der Waals surface area (Å²) in [6.07, 6.45) is 6.18. The molecule has 20 heavy (non-hydrogen) atoms. The van der Waals surface area contributed by atoms with E-state index >= 15 is 0 Å². The Balaban J connectivity index is 4.80. The van der Waals surface area contributed by atoms with Crippen molar-refractivity contribution in [2.24, 2.45) is 11.8 Å². The van der Waals surface area contributed by atoms with E-state index in [-0.39, 0.29) is 29.1 Å². The Morgan fingerprint density at radius 2 is 1.25 bits per heavy atom. The molecule has 116 valence electrons. The normalized spacial score (nSPS) is 13.7. The maximum Gasteiger partial charge on any atom is 0.139 e. The summed E-state index contributed by atoms with van der Waals surface area (Å²) in [5.74, 6) is -0.104. The van der Waals surface area contributed by atoms with Crippen molar-refractivity contribution in [2.75, 3.05) is 0 Å². The first-order chi connectivity index (χ1) is 9.42. The lowest BCUT2D eigenvalue weighted by molar-refractivity contribution is -0.127. The smallest absolute Gasteiger partial charge is 0.139 e. The third-order valence-electron chi connectivity index (χ3n) is 3.58. The van der Waals surface area contributed by atoms with E-state index in [1.54, 1.807) is 0 Å². The minimum Gasteiger partial charge on any atom is -0.513 e. The number of allylic oxidation sites excluding steroid dienone is 2. The number of hydrogen-bond donors (Lipinski definition) is 2. The van der Waals surface area contributed by atoms with E-state index in [0.29, 0.717) is 12.8 Å². The van der Waals surface area contributed by atoms with Crippen LogP contribution in [0.4, 0.5) is 0 Å². The van der Waals surface area contributed by atoms with Crippen molar-refractivity contribution in [1.29, 1.82) is 0 Å². The molecular formula is C17H30O3. The van der Waals surface area contributed by atoms with Gasteiger partial charge >= 0.3 is 0 Å². The van der Waals surface area contributed by atoms with Gasteiger partial charge in [0.15, 0.2) is 0 Å². The molecule has 0 aliphatic heterocycles. The first-order valence-corrected chi connectivity index (χ1v) is 7.69. The summed E-state index contributed by atoms with van der Waals surface area (Å²) in [5.41, 5.74) is 0. The number of hydrogen-bond acceptors (Lipinski definition) is 3. The largest absolute Gasteiger partial charge is 0.513 e. The standard InChI is InChI=1S/C17H30O3/c1-5-7-9-15(11-13(3)18)17(20)16(10-8-6-2)12-14(4)19/h15-16,18-19H,3-12H2,1-2H3. The molecule has 0 radical (unpaired) electrons. The molecule has 2 unspecified atom stereocenters. The molecule has 0 aromatic heterocycles. The van der Waals surface area contributed by atoms with Crippen molar-refractivity contribution in [3.63, 3.8) is 0 Å². The first-order valence-electron chi connectivity index (χ1n) is 7.69. The van der Waals surface area contributed by atoms with Gasteiger partial charge in [-0.2, -0.15) is 0 Å². The fourth-order valence-electron chi connectivity index (χ4n) is 2.49. The van der Waals surface area contributed by atoms with Crippen LogP contribution in [0, 0.1) is 11.8 Å². The quantitative estimate of drug-likeness (QED) is 0.490. The van der Waals surface area contributed by atoms with Gasteiger partial charge in [0.2, 0.25) is 0 Å². The van der Waals surface area contributed by atoms with Crippen LogP contribution in [0.25, 0.3) is 0 Å². The maximum atomic E-state index is 12.6. The number of aliphatic hydroxyl groups excluding tert-OH is 2. The van der Waals surface area contributed by atoms with Crippen LogP contribution in [0.15, 0.2) is 24.7 Å². The van der Waals surface area contributed by atoms with Gasteiger partial charge in [-0.15, -0.1) is 0 Å². The fraction of sp³-hybridized carbons (Fsp3) is 0.706. The van der Waals surface area contributed by atoms with Gasteiger partial charge in [0.25, 0.3) is 0 Å². The Hall–Kier alpha value is -1.25. The van der Waals surface area contributed by atoms with Crippen molar-refractivity contribution < 1.29 is 15.0 Å².